The molecule has 2 N–H and O–H groups in total. The highest BCUT2D eigenvalue weighted by atomic mass is 19.1. The standard InChI is InChI=1S/C11H11F2N3/c12-10-2-1-9(11(13)3-10)7-16-6-8(4-14)5-15-16/h1-3,5-6H,4,7,14H2. The van der Waals surface area contributed by atoms with Crippen LogP contribution in [0.2, 0.25) is 0 Å². The molecule has 0 amide bonds. The number of aromatic nitrogens is 2. The van der Waals surface area contributed by atoms with Gasteiger partial charge in [-0.25, -0.2) is 8.78 Å². The molecule has 0 aliphatic rings. The van der Waals surface area contributed by atoms with Gasteiger partial charge in [0.05, 0.1) is 12.7 Å². The average molecular weight is 223 g/mol. The van der Waals surface area contributed by atoms with Gasteiger partial charge >= 0.3 is 0 Å². The second kappa shape index (κ2) is 4.40. The van der Waals surface area contributed by atoms with Gasteiger partial charge in [-0.05, 0) is 6.07 Å². The van der Waals surface area contributed by atoms with Gasteiger partial charge in [0.25, 0.3) is 0 Å². The Morgan fingerprint density at radius 3 is 2.75 bits per heavy atom. The van der Waals surface area contributed by atoms with E-state index in [1.54, 1.807) is 17.1 Å². The van der Waals surface area contributed by atoms with Crippen molar-refractivity contribution in [2.75, 3.05) is 0 Å². The van der Waals surface area contributed by atoms with Crippen LogP contribution >= 0.6 is 0 Å². The molecule has 0 radical (unpaired) electrons. The smallest absolute Gasteiger partial charge is 0.131 e. The van der Waals surface area contributed by atoms with Crippen molar-refractivity contribution in [2.45, 2.75) is 13.1 Å². The number of hydrogen-bond acceptors (Lipinski definition) is 2. The molecule has 1 aromatic heterocycles. The van der Waals surface area contributed by atoms with Gasteiger partial charge in [0, 0.05) is 29.9 Å². The first-order valence-electron chi connectivity index (χ1n) is 4.84. The number of nitrogens with two attached hydrogens (primary N) is 1. The first kappa shape index (κ1) is 10.8. The van der Waals surface area contributed by atoms with E-state index in [0.29, 0.717) is 12.1 Å². The fourth-order valence-electron chi connectivity index (χ4n) is 1.42. The van der Waals surface area contributed by atoms with E-state index in [1.165, 1.54) is 12.1 Å². The van der Waals surface area contributed by atoms with E-state index in [9.17, 15) is 8.78 Å². The van der Waals surface area contributed by atoms with Gasteiger partial charge < -0.3 is 5.73 Å². The lowest BCUT2D eigenvalue weighted by Crippen LogP contribution is -2.03. The topological polar surface area (TPSA) is 43.8 Å². The molecular formula is C11H11F2N3. The summed E-state index contributed by atoms with van der Waals surface area (Å²) in [6.07, 6.45) is 3.37. The van der Waals surface area contributed by atoms with Crippen LogP contribution in [0.3, 0.4) is 0 Å². The number of rotatable bonds is 3. The second-order valence-corrected chi connectivity index (χ2v) is 3.49. The molecule has 16 heavy (non-hydrogen) atoms. The van der Waals surface area contributed by atoms with Crippen LogP contribution in [0, 0.1) is 11.6 Å². The Morgan fingerprint density at radius 2 is 2.12 bits per heavy atom. The molecule has 0 aliphatic carbocycles. The molecule has 0 unspecified atom stereocenters. The minimum atomic E-state index is -0.579. The molecule has 3 nitrogen and oxygen atoms in total. The zero-order valence-electron chi connectivity index (χ0n) is 8.53. The third-order valence-electron chi connectivity index (χ3n) is 2.27. The van der Waals surface area contributed by atoms with E-state index in [2.05, 4.69) is 5.10 Å². The summed E-state index contributed by atoms with van der Waals surface area (Å²) in [4.78, 5) is 0. The van der Waals surface area contributed by atoms with Crippen LogP contribution in [0.4, 0.5) is 8.78 Å². The fourth-order valence-corrected chi connectivity index (χ4v) is 1.42. The highest BCUT2D eigenvalue weighted by Gasteiger charge is 2.05. The molecule has 0 spiro atoms. The first-order valence-corrected chi connectivity index (χ1v) is 4.84. The Morgan fingerprint density at radius 1 is 1.31 bits per heavy atom. The van der Waals surface area contributed by atoms with E-state index < -0.39 is 11.6 Å². The fraction of sp³-hybridized carbons (Fsp3) is 0.182. The third kappa shape index (κ3) is 2.25. The summed E-state index contributed by atoms with van der Waals surface area (Å²) in [5.41, 5.74) is 6.70. The molecule has 0 fully saturated rings. The van der Waals surface area contributed by atoms with Gasteiger partial charge in [0.2, 0.25) is 0 Å². The van der Waals surface area contributed by atoms with Gasteiger partial charge in [-0.15, -0.1) is 0 Å². The van der Waals surface area contributed by atoms with Crippen molar-refractivity contribution in [2.24, 2.45) is 5.73 Å². The lowest BCUT2D eigenvalue weighted by atomic mass is 10.2. The van der Waals surface area contributed by atoms with Crippen molar-refractivity contribution in [1.82, 2.24) is 9.78 Å². The van der Waals surface area contributed by atoms with Crippen molar-refractivity contribution in [3.05, 3.63) is 53.4 Å². The van der Waals surface area contributed by atoms with Crippen LogP contribution in [0.25, 0.3) is 0 Å². The van der Waals surface area contributed by atoms with Gasteiger partial charge in [0.1, 0.15) is 11.6 Å². The summed E-state index contributed by atoms with van der Waals surface area (Å²) in [5, 5.41) is 4.02. The quantitative estimate of drug-likeness (QED) is 0.860. The zero-order valence-corrected chi connectivity index (χ0v) is 8.53. The minimum absolute atomic E-state index is 0.270. The Kier molecular flexibility index (Phi) is 2.96. The van der Waals surface area contributed by atoms with Crippen LogP contribution in [0.15, 0.2) is 30.6 Å². The molecule has 84 valence electrons. The monoisotopic (exact) mass is 223 g/mol. The van der Waals surface area contributed by atoms with Crippen molar-refractivity contribution >= 4 is 0 Å². The van der Waals surface area contributed by atoms with Gasteiger partial charge in [-0.3, -0.25) is 4.68 Å². The van der Waals surface area contributed by atoms with Gasteiger partial charge in [-0.2, -0.15) is 5.10 Å². The highest BCUT2D eigenvalue weighted by molar-refractivity contribution is 5.19. The van der Waals surface area contributed by atoms with Crippen molar-refractivity contribution in [3.63, 3.8) is 0 Å². The summed E-state index contributed by atoms with van der Waals surface area (Å²) in [6.45, 7) is 0.665. The lowest BCUT2D eigenvalue weighted by molar-refractivity contribution is 0.558. The van der Waals surface area contributed by atoms with Crippen molar-refractivity contribution in [1.29, 1.82) is 0 Å². The maximum atomic E-state index is 13.3. The third-order valence-corrected chi connectivity index (χ3v) is 2.27. The van der Waals surface area contributed by atoms with E-state index in [1.807, 2.05) is 0 Å². The maximum Gasteiger partial charge on any atom is 0.131 e. The molecule has 0 aliphatic heterocycles. The highest BCUT2D eigenvalue weighted by Crippen LogP contribution is 2.11. The van der Waals surface area contributed by atoms with E-state index in [4.69, 9.17) is 5.73 Å². The van der Waals surface area contributed by atoms with Crippen molar-refractivity contribution in [3.8, 4) is 0 Å². The normalized spacial score (nSPS) is 10.7. The Bertz CT molecular complexity index is 494. The zero-order chi connectivity index (χ0) is 11.5. The molecule has 0 atom stereocenters. The van der Waals surface area contributed by atoms with Crippen LogP contribution in [-0.2, 0) is 13.1 Å². The largest absolute Gasteiger partial charge is 0.326 e. The van der Waals surface area contributed by atoms with Crippen LogP contribution in [0.1, 0.15) is 11.1 Å². The second-order valence-electron chi connectivity index (χ2n) is 3.49. The molecule has 2 aromatic rings. The lowest BCUT2D eigenvalue weighted by Gasteiger charge is -2.03. The summed E-state index contributed by atoms with van der Waals surface area (Å²) in [5.74, 6) is -1.14. The predicted octanol–water partition coefficient (Wildman–Crippen LogP) is 1.67. The average Bonchev–Trinajstić information content (AvgIpc) is 2.70. The Labute approximate surface area is 91.5 Å². The number of halogens is 2. The van der Waals surface area contributed by atoms with Crippen LogP contribution in [-0.4, -0.2) is 9.78 Å². The summed E-state index contributed by atoms with van der Waals surface area (Å²) in [6, 6.07) is 3.50. The van der Waals surface area contributed by atoms with E-state index in [0.717, 1.165) is 11.6 Å². The molecule has 0 bridgehead atoms. The minimum Gasteiger partial charge on any atom is -0.326 e. The summed E-state index contributed by atoms with van der Waals surface area (Å²) >= 11 is 0. The number of benzene rings is 1. The van der Waals surface area contributed by atoms with E-state index in [-0.39, 0.29) is 6.54 Å². The number of hydrogen-bond donors (Lipinski definition) is 1. The molecule has 5 heteroatoms. The molecule has 0 saturated carbocycles. The summed E-state index contributed by atoms with van der Waals surface area (Å²) in [7, 11) is 0. The molecule has 1 heterocycles. The Hall–Kier alpha value is -1.75. The van der Waals surface area contributed by atoms with E-state index >= 15 is 0 Å². The predicted molar refractivity (Wildman–Crippen MR) is 55.6 cm³/mol. The van der Waals surface area contributed by atoms with Crippen LogP contribution < -0.4 is 5.73 Å². The SMILES string of the molecule is NCc1cnn(Cc2ccc(F)cc2F)c1. The van der Waals surface area contributed by atoms with Gasteiger partial charge in [0.15, 0.2) is 0 Å². The summed E-state index contributed by atoms with van der Waals surface area (Å²) < 4.78 is 27.6. The maximum absolute atomic E-state index is 13.3. The van der Waals surface area contributed by atoms with Crippen molar-refractivity contribution < 1.29 is 8.78 Å². The van der Waals surface area contributed by atoms with Gasteiger partial charge in [-0.1, -0.05) is 6.07 Å². The first-order chi connectivity index (χ1) is 7.69. The molecule has 2 rings (SSSR count). The molecule has 1 aromatic carbocycles. The molecular weight excluding hydrogens is 212 g/mol. The number of nitrogens with zero attached hydrogens (tertiary/aromatic N) is 2. The van der Waals surface area contributed by atoms with Crippen LogP contribution in [0.5, 0.6) is 0 Å². The molecule has 0 saturated heterocycles. The Balaban J connectivity index is 2.20.